The number of carboxylic acids is 1. The Labute approximate surface area is 104 Å². The Kier molecular flexibility index (Phi) is 3.14. The molecule has 0 radical (unpaired) electrons. The van der Waals surface area contributed by atoms with E-state index in [9.17, 15) is 14.4 Å². The van der Waals surface area contributed by atoms with Gasteiger partial charge in [-0.3, -0.25) is 14.5 Å². The number of carbonyl (C=O) groups excluding carboxylic acids is 2. The number of carboxylic acid groups (broad SMARTS) is 1. The van der Waals surface area contributed by atoms with Crippen molar-refractivity contribution in [2.75, 3.05) is 4.90 Å². The second-order valence-corrected chi connectivity index (χ2v) is 4.28. The van der Waals surface area contributed by atoms with Crippen LogP contribution < -0.4 is 4.90 Å². The van der Waals surface area contributed by atoms with E-state index < -0.39 is 5.97 Å². The molecule has 2 amide bonds. The maximum absolute atomic E-state index is 11.8. The molecule has 0 aromatic heterocycles. The minimum absolute atomic E-state index is 0.146. The molecular formula is C13H13NO4. The second-order valence-electron chi connectivity index (χ2n) is 4.28. The third-order valence-electron chi connectivity index (χ3n) is 2.96. The van der Waals surface area contributed by atoms with Gasteiger partial charge in [-0.15, -0.1) is 0 Å². The van der Waals surface area contributed by atoms with Gasteiger partial charge in [0.2, 0.25) is 11.8 Å². The molecule has 1 N–H and O–H groups in total. The first-order valence-electron chi connectivity index (χ1n) is 5.70. The SMILES string of the molecule is Cc1cc(C(=O)O)ccc1N1C(=O)CCCC1=O. The topological polar surface area (TPSA) is 74.7 Å². The number of benzene rings is 1. The van der Waals surface area contributed by atoms with E-state index in [1.807, 2.05) is 0 Å². The Morgan fingerprint density at radius 2 is 1.83 bits per heavy atom. The summed E-state index contributed by atoms with van der Waals surface area (Å²) in [4.78, 5) is 35.5. The summed E-state index contributed by atoms with van der Waals surface area (Å²) in [6.07, 6.45) is 1.29. The standard InChI is InChI=1S/C13H13NO4/c1-8-7-9(13(17)18)5-6-10(8)14-11(15)3-2-4-12(14)16/h5-7H,2-4H2,1H3,(H,17,18). The predicted molar refractivity (Wildman–Crippen MR) is 64.5 cm³/mol. The average Bonchev–Trinajstić information content (AvgIpc) is 2.30. The largest absolute Gasteiger partial charge is 0.478 e. The zero-order chi connectivity index (χ0) is 13.3. The van der Waals surface area contributed by atoms with Gasteiger partial charge in [0.25, 0.3) is 0 Å². The van der Waals surface area contributed by atoms with Crippen LogP contribution in [0.15, 0.2) is 18.2 Å². The lowest BCUT2D eigenvalue weighted by Crippen LogP contribution is -2.40. The minimum atomic E-state index is -1.03. The molecule has 5 nitrogen and oxygen atoms in total. The van der Waals surface area contributed by atoms with Gasteiger partial charge in [-0.1, -0.05) is 0 Å². The fourth-order valence-electron chi connectivity index (χ4n) is 2.06. The maximum Gasteiger partial charge on any atom is 0.335 e. The number of hydrogen-bond donors (Lipinski definition) is 1. The van der Waals surface area contributed by atoms with Crippen LogP contribution in [0.4, 0.5) is 5.69 Å². The van der Waals surface area contributed by atoms with Gasteiger partial charge >= 0.3 is 5.97 Å². The third kappa shape index (κ3) is 2.11. The third-order valence-corrected chi connectivity index (χ3v) is 2.96. The van der Waals surface area contributed by atoms with Crippen molar-refractivity contribution in [3.05, 3.63) is 29.3 Å². The zero-order valence-corrected chi connectivity index (χ0v) is 9.97. The molecule has 0 bridgehead atoms. The number of rotatable bonds is 2. The number of carbonyl (C=O) groups is 3. The highest BCUT2D eigenvalue weighted by Gasteiger charge is 2.28. The molecule has 1 fully saturated rings. The van der Waals surface area contributed by atoms with Crippen molar-refractivity contribution in [3.63, 3.8) is 0 Å². The highest BCUT2D eigenvalue weighted by Crippen LogP contribution is 2.26. The molecule has 1 heterocycles. The van der Waals surface area contributed by atoms with Gasteiger partial charge in [0.1, 0.15) is 0 Å². The van der Waals surface area contributed by atoms with E-state index in [0.29, 0.717) is 30.5 Å². The van der Waals surface area contributed by atoms with Crippen LogP contribution in [0, 0.1) is 6.92 Å². The van der Waals surface area contributed by atoms with E-state index in [-0.39, 0.29) is 17.4 Å². The normalized spacial score (nSPS) is 15.9. The van der Waals surface area contributed by atoms with Gasteiger partial charge in [-0.05, 0) is 37.1 Å². The number of amides is 2. The smallest absolute Gasteiger partial charge is 0.335 e. The molecule has 0 unspecified atom stereocenters. The van der Waals surface area contributed by atoms with Gasteiger partial charge in [-0.2, -0.15) is 0 Å². The number of nitrogens with zero attached hydrogens (tertiary/aromatic N) is 1. The summed E-state index contributed by atoms with van der Waals surface area (Å²) in [5, 5.41) is 8.87. The van der Waals surface area contributed by atoms with Crippen molar-refractivity contribution >= 4 is 23.5 Å². The van der Waals surface area contributed by atoms with Gasteiger partial charge in [0, 0.05) is 12.8 Å². The van der Waals surface area contributed by atoms with Crippen LogP contribution >= 0.6 is 0 Å². The molecule has 1 saturated heterocycles. The van der Waals surface area contributed by atoms with Crippen LogP contribution in [0.2, 0.25) is 0 Å². The maximum atomic E-state index is 11.8. The van der Waals surface area contributed by atoms with Crippen molar-refractivity contribution in [1.82, 2.24) is 0 Å². The Hall–Kier alpha value is -2.17. The lowest BCUT2D eigenvalue weighted by molar-refractivity contribution is -0.129. The highest BCUT2D eigenvalue weighted by molar-refractivity contribution is 6.16. The van der Waals surface area contributed by atoms with E-state index in [2.05, 4.69) is 0 Å². The highest BCUT2D eigenvalue weighted by atomic mass is 16.4. The van der Waals surface area contributed by atoms with Crippen molar-refractivity contribution in [1.29, 1.82) is 0 Å². The Bertz CT molecular complexity index is 520. The fraction of sp³-hybridized carbons (Fsp3) is 0.308. The molecular weight excluding hydrogens is 234 g/mol. The molecule has 1 aliphatic rings. The summed E-state index contributed by atoms with van der Waals surface area (Å²) in [5.74, 6) is -1.48. The monoisotopic (exact) mass is 247 g/mol. The lowest BCUT2D eigenvalue weighted by atomic mass is 10.0. The van der Waals surface area contributed by atoms with Gasteiger partial charge in [0.15, 0.2) is 0 Å². The zero-order valence-electron chi connectivity index (χ0n) is 9.97. The molecule has 5 heteroatoms. The molecule has 1 aromatic rings. The van der Waals surface area contributed by atoms with Crippen LogP contribution in [-0.4, -0.2) is 22.9 Å². The molecule has 0 spiro atoms. The molecule has 94 valence electrons. The van der Waals surface area contributed by atoms with Crippen molar-refractivity contribution in [3.8, 4) is 0 Å². The average molecular weight is 247 g/mol. The van der Waals surface area contributed by atoms with E-state index >= 15 is 0 Å². The van der Waals surface area contributed by atoms with E-state index in [1.54, 1.807) is 6.92 Å². The summed E-state index contributed by atoms with van der Waals surface area (Å²) in [6.45, 7) is 1.69. The van der Waals surface area contributed by atoms with Crippen molar-refractivity contribution in [2.45, 2.75) is 26.2 Å². The minimum Gasteiger partial charge on any atom is -0.478 e. The van der Waals surface area contributed by atoms with E-state index in [0.717, 1.165) is 4.90 Å². The molecule has 1 aliphatic heterocycles. The molecule has 0 aliphatic carbocycles. The molecule has 0 atom stereocenters. The lowest BCUT2D eigenvalue weighted by Gasteiger charge is -2.26. The van der Waals surface area contributed by atoms with E-state index in [1.165, 1.54) is 18.2 Å². The molecule has 2 rings (SSSR count). The van der Waals surface area contributed by atoms with Gasteiger partial charge < -0.3 is 5.11 Å². The van der Waals surface area contributed by atoms with Crippen molar-refractivity contribution < 1.29 is 19.5 Å². The summed E-state index contributed by atoms with van der Waals surface area (Å²) in [5.41, 5.74) is 1.24. The predicted octanol–water partition coefficient (Wildman–Crippen LogP) is 1.74. The van der Waals surface area contributed by atoms with Crippen LogP contribution in [0.5, 0.6) is 0 Å². The first-order valence-corrected chi connectivity index (χ1v) is 5.70. The number of aromatic carboxylic acids is 1. The van der Waals surface area contributed by atoms with Crippen LogP contribution in [-0.2, 0) is 9.59 Å². The number of piperidine rings is 1. The summed E-state index contributed by atoms with van der Waals surface area (Å²) in [7, 11) is 0. The van der Waals surface area contributed by atoms with Crippen LogP contribution in [0.3, 0.4) is 0 Å². The molecule has 18 heavy (non-hydrogen) atoms. The van der Waals surface area contributed by atoms with Gasteiger partial charge in [0.05, 0.1) is 11.3 Å². The Balaban J connectivity index is 2.41. The molecule has 0 saturated carbocycles. The Morgan fingerprint density at radius 3 is 2.33 bits per heavy atom. The van der Waals surface area contributed by atoms with Gasteiger partial charge in [-0.25, -0.2) is 4.79 Å². The van der Waals surface area contributed by atoms with Crippen LogP contribution in [0.1, 0.15) is 35.2 Å². The number of aryl methyl sites for hydroxylation is 1. The second kappa shape index (κ2) is 4.60. The quantitative estimate of drug-likeness (QED) is 0.808. The number of anilines is 1. The van der Waals surface area contributed by atoms with Crippen LogP contribution in [0.25, 0.3) is 0 Å². The fourth-order valence-corrected chi connectivity index (χ4v) is 2.06. The first-order chi connectivity index (χ1) is 8.50. The number of hydrogen-bond acceptors (Lipinski definition) is 3. The Morgan fingerprint density at radius 1 is 1.22 bits per heavy atom. The molecule has 1 aromatic carbocycles. The number of imide groups is 1. The first kappa shape index (κ1) is 12.3. The summed E-state index contributed by atoms with van der Waals surface area (Å²) >= 11 is 0. The van der Waals surface area contributed by atoms with Crippen molar-refractivity contribution in [2.24, 2.45) is 0 Å². The summed E-state index contributed by atoms with van der Waals surface area (Å²) in [6, 6.07) is 4.38. The van der Waals surface area contributed by atoms with E-state index in [4.69, 9.17) is 5.11 Å². The summed E-state index contributed by atoms with van der Waals surface area (Å²) < 4.78 is 0.